The SMILES string of the molecule is CCOC(=O)c1[nH]c2ccc(F)cc2c1NC(=O)c1ccc(OC)c(OC)c1. The van der Waals surface area contributed by atoms with E-state index in [0.717, 1.165) is 0 Å². The van der Waals surface area contributed by atoms with Crippen LogP contribution in [0.2, 0.25) is 0 Å². The zero-order chi connectivity index (χ0) is 20.3. The average Bonchev–Trinajstić information content (AvgIpc) is 3.05. The second kappa shape index (κ2) is 7.99. The first-order valence-corrected chi connectivity index (χ1v) is 8.50. The molecule has 1 amide bonds. The van der Waals surface area contributed by atoms with Gasteiger partial charge in [-0.25, -0.2) is 9.18 Å². The van der Waals surface area contributed by atoms with Crippen molar-refractivity contribution in [2.24, 2.45) is 0 Å². The molecule has 146 valence electrons. The van der Waals surface area contributed by atoms with Crippen LogP contribution in [0.1, 0.15) is 27.8 Å². The lowest BCUT2D eigenvalue weighted by atomic mass is 10.1. The Bertz CT molecular complexity index is 1040. The van der Waals surface area contributed by atoms with Gasteiger partial charge in [0.2, 0.25) is 0 Å². The van der Waals surface area contributed by atoms with E-state index in [1.165, 1.54) is 38.5 Å². The highest BCUT2D eigenvalue weighted by Crippen LogP contribution is 2.31. The van der Waals surface area contributed by atoms with Gasteiger partial charge in [-0.05, 0) is 43.3 Å². The summed E-state index contributed by atoms with van der Waals surface area (Å²) < 4.78 is 29.1. The Hall–Kier alpha value is -3.55. The first kappa shape index (κ1) is 19.2. The van der Waals surface area contributed by atoms with E-state index in [1.54, 1.807) is 19.1 Å². The molecule has 0 fully saturated rings. The van der Waals surface area contributed by atoms with Crippen LogP contribution in [0, 0.1) is 5.82 Å². The molecular formula is C20H19FN2O5. The third-order valence-electron chi connectivity index (χ3n) is 4.12. The van der Waals surface area contributed by atoms with Gasteiger partial charge in [0.15, 0.2) is 11.5 Å². The number of anilines is 1. The summed E-state index contributed by atoms with van der Waals surface area (Å²) in [6.45, 7) is 1.83. The maximum atomic E-state index is 13.7. The number of nitrogens with one attached hydrogen (secondary N) is 2. The van der Waals surface area contributed by atoms with E-state index < -0.39 is 17.7 Å². The standard InChI is InChI=1S/C20H19FN2O5/c1-4-28-20(25)18-17(13-10-12(21)6-7-14(13)22-18)23-19(24)11-5-8-15(26-2)16(9-11)27-3/h5-10,22H,4H2,1-3H3,(H,23,24). The lowest BCUT2D eigenvalue weighted by Gasteiger charge is -2.11. The zero-order valence-corrected chi connectivity index (χ0v) is 15.6. The van der Waals surface area contributed by atoms with E-state index in [4.69, 9.17) is 14.2 Å². The number of carbonyl (C=O) groups excluding carboxylic acids is 2. The number of aromatic nitrogens is 1. The summed E-state index contributed by atoms with van der Waals surface area (Å²) in [6, 6.07) is 8.63. The number of aromatic amines is 1. The van der Waals surface area contributed by atoms with Crippen LogP contribution in [0.3, 0.4) is 0 Å². The van der Waals surface area contributed by atoms with Gasteiger partial charge in [-0.3, -0.25) is 4.79 Å². The van der Waals surface area contributed by atoms with Gasteiger partial charge in [0.1, 0.15) is 11.5 Å². The summed E-state index contributed by atoms with van der Waals surface area (Å²) in [4.78, 5) is 27.9. The quantitative estimate of drug-likeness (QED) is 0.630. The van der Waals surface area contributed by atoms with Crippen molar-refractivity contribution in [3.8, 4) is 11.5 Å². The largest absolute Gasteiger partial charge is 0.493 e. The van der Waals surface area contributed by atoms with Crippen molar-refractivity contribution in [2.45, 2.75) is 6.92 Å². The number of H-pyrrole nitrogens is 1. The maximum absolute atomic E-state index is 13.7. The summed E-state index contributed by atoms with van der Waals surface area (Å²) in [6.07, 6.45) is 0. The molecule has 8 heteroatoms. The van der Waals surface area contributed by atoms with E-state index >= 15 is 0 Å². The Balaban J connectivity index is 2.03. The van der Waals surface area contributed by atoms with Crippen LogP contribution >= 0.6 is 0 Å². The number of methoxy groups -OCH3 is 2. The van der Waals surface area contributed by atoms with Crippen LogP contribution < -0.4 is 14.8 Å². The number of esters is 1. The van der Waals surface area contributed by atoms with Crippen LogP contribution in [0.15, 0.2) is 36.4 Å². The van der Waals surface area contributed by atoms with Crippen molar-refractivity contribution in [3.05, 3.63) is 53.5 Å². The normalized spacial score (nSPS) is 10.6. The summed E-state index contributed by atoms with van der Waals surface area (Å²) in [7, 11) is 2.95. The Morgan fingerprint density at radius 2 is 1.82 bits per heavy atom. The van der Waals surface area contributed by atoms with Crippen molar-refractivity contribution >= 4 is 28.5 Å². The molecule has 3 aromatic rings. The van der Waals surface area contributed by atoms with Crippen LogP contribution in [-0.2, 0) is 4.74 Å². The second-order valence-corrected chi connectivity index (χ2v) is 5.81. The number of benzene rings is 2. The maximum Gasteiger partial charge on any atom is 0.356 e. The minimum absolute atomic E-state index is 0.0382. The van der Waals surface area contributed by atoms with E-state index in [0.29, 0.717) is 22.4 Å². The lowest BCUT2D eigenvalue weighted by Crippen LogP contribution is -2.15. The summed E-state index contributed by atoms with van der Waals surface area (Å²) in [5.41, 5.74) is 0.953. The van der Waals surface area contributed by atoms with Gasteiger partial charge in [-0.1, -0.05) is 0 Å². The molecule has 0 aliphatic carbocycles. The van der Waals surface area contributed by atoms with E-state index in [9.17, 15) is 14.0 Å². The highest BCUT2D eigenvalue weighted by molar-refractivity contribution is 6.14. The molecule has 3 rings (SSSR count). The number of amides is 1. The predicted octanol–water partition coefficient (Wildman–Crippen LogP) is 3.75. The van der Waals surface area contributed by atoms with Crippen LogP contribution in [0.25, 0.3) is 10.9 Å². The number of carbonyl (C=O) groups is 2. The van der Waals surface area contributed by atoms with E-state index in [2.05, 4.69) is 10.3 Å². The fourth-order valence-corrected chi connectivity index (χ4v) is 2.81. The number of rotatable bonds is 6. The molecule has 0 unspecified atom stereocenters. The smallest absolute Gasteiger partial charge is 0.356 e. The fraction of sp³-hybridized carbons (Fsp3) is 0.200. The molecule has 2 aromatic carbocycles. The highest BCUT2D eigenvalue weighted by Gasteiger charge is 2.22. The average molecular weight is 386 g/mol. The molecule has 0 aliphatic heterocycles. The van der Waals surface area contributed by atoms with E-state index in [-0.39, 0.29) is 23.6 Å². The van der Waals surface area contributed by atoms with Gasteiger partial charge in [-0.2, -0.15) is 0 Å². The van der Waals surface area contributed by atoms with Gasteiger partial charge in [-0.15, -0.1) is 0 Å². The zero-order valence-electron chi connectivity index (χ0n) is 15.6. The molecule has 0 spiro atoms. The molecule has 0 radical (unpaired) electrons. The predicted molar refractivity (Wildman–Crippen MR) is 102 cm³/mol. The van der Waals surface area contributed by atoms with Gasteiger partial charge in [0.05, 0.1) is 26.5 Å². The van der Waals surface area contributed by atoms with Crippen molar-refractivity contribution in [2.75, 3.05) is 26.1 Å². The minimum Gasteiger partial charge on any atom is -0.493 e. The first-order valence-electron chi connectivity index (χ1n) is 8.50. The molecule has 0 aliphatic rings. The molecule has 0 bridgehead atoms. The van der Waals surface area contributed by atoms with Crippen LogP contribution in [-0.4, -0.2) is 37.7 Å². The number of hydrogen-bond acceptors (Lipinski definition) is 5. The van der Waals surface area contributed by atoms with Crippen molar-refractivity contribution in [1.82, 2.24) is 4.98 Å². The Labute approximate surface area is 160 Å². The van der Waals surface area contributed by atoms with Gasteiger partial charge < -0.3 is 24.5 Å². The lowest BCUT2D eigenvalue weighted by molar-refractivity contribution is 0.0522. The fourth-order valence-electron chi connectivity index (χ4n) is 2.81. The number of hydrogen-bond donors (Lipinski definition) is 2. The van der Waals surface area contributed by atoms with Gasteiger partial charge >= 0.3 is 5.97 Å². The molecule has 7 nitrogen and oxygen atoms in total. The molecule has 1 aromatic heterocycles. The Kier molecular flexibility index (Phi) is 5.49. The molecule has 0 saturated heterocycles. The number of fused-ring (bicyclic) bond motifs is 1. The number of ether oxygens (including phenoxy) is 3. The number of halogens is 1. The Morgan fingerprint density at radius 3 is 2.50 bits per heavy atom. The van der Waals surface area contributed by atoms with Gasteiger partial charge in [0.25, 0.3) is 5.91 Å². The Morgan fingerprint density at radius 1 is 1.07 bits per heavy atom. The van der Waals surface area contributed by atoms with Crippen molar-refractivity contribution in [1.29, 1.82) is 0 Å². The molecule has 1 heterocycles. The van der Waals surface area contributed by atoms with Crippen molar-refractivity contribution in [3.63, 3.8) is 0 Å². The molecule has 28 heavy (non-hydrogen) atoms. The molecular weight excluding hydrogens is 367 g/mol. The second-order valence-electron chi connectivity index (χ2n) is 5.81. The summed E-state index contributed by atoms with van der Waals surface area (Å²) in [5.74, 6) is -0.798. The summed E-state index contributed by atoms with van der Waals surface area (Å²) in [5, 5.41) is 3.03. The molecule has 2 N–H and O–H groups in total. The van der Waals surface area contributed by atoms with Crippen LogP contribution in [0.4, 0.5) is 10.1 Å². The first-order chi connectivity index (χ1) is 13.5. The minimum atomic E-state index is -0.651. The summed E-state index contributed by atoms with van der Waals surface area (Å²) >= 11 is 0. The monoisotopic (exact) mass is 386 g/mol. The third-order valence-corrected chi connectivity index (χ3v) is 4.12. The van der Waals surface area contributed by atoms with Crippen molar-refractivity contribution < 1.29 is 28.2 Å². The topological polar surface area (TPSA) is 89.7 Å². The van der Waals surface area contributed by atoms with Gasteiger partial charge in [0, 0.05) is 16.5 Å². The highest BCUT2D eigenvalue weighted by atomic mass is 19.1. The third kappa shape index (κ3) is 3.62. The van der Waals surface area contributed by atoms with Crippen LogP contribution in [0.5, 0.6) is 11.5 Å². The molecule has 0 atom stereocenters. The van der Waals surface area contributed by atoms with E-state index in [1.807, 2.05) is 0 Å². The molecule has 0 saturated carbocycles.